The molecule has 9 heteroatoms. The Morgan fingerprint density at radius 3 is 2.70 bits per heavy atom. The predicted molar refractivity (Wildman–Crippen MR) is 119 cm³/mol. The fourth-order valence-corrected chi connectivity index (χ4v) is 3.75. The molecule has 0 aliphatic carbocycles. The molecular weight excluding hydrogens is 449 g/mol. The molecule has 6 nitrogen and oxygen atoms in total. The minimum Gasteiger partial charge on any atom is -0.488 e. The number of nitrogens with one attached hydrogen (secondary N) is 1. The molecule has 0 saturated carbocycles. The van der Waals surface area contributed by atoms with Crippen LogP contribution in [-0.4, -0.2) is 35.3 Å². The van der Waals surface area contributed by atoms with Gasteiger partial charge < -0.3 is 20.1 Å². The van der Waals surface area contributed by atoms with Crippen LogP contribution in [0.1, 0.15) is 10.4 Å². The number of fused-ring (bicyclic) bond motifs is 1. The first-order chi connectivity index (χ1) is 14.5. The van der Waals surface area contributed by atoms with E-state index in [9.17, 15) is 9.90 Å². The van der Waals surface area contributed by atoms with Gasteiger partial charge in [-0.25, -0.2) is 4.98 Å². The van der Waals surface area contributed by atoms with Crippen molar-refractivity contribution in [1.29, 1.82) is 0 Å². The lowest BCUT2D eigenvalue weighted by atomic mass is 10.1. The number of benzene rings is 2. The van der Waals surface area contributed by atoms with Gasteiger partial charge in [0.05, 0.1) is 39.0 Å². The summed E-state index contributed by atoms with van der Waals surface area (Å²) in [4.78, 5) is 19.1. The van der Waals surface area contributed by atoms with Crippen LogP contribution in [0.4, 0.5) is 17.2 Å². The fraction of sp³-hybridized carbons (Fsp3) is 0.143. The Labute approximate surface area is 188 Å². The van der Waals surface area contributed by atoms with Crippen LogP contribution in [0.5, 0.6) is 5.75 Å². The number of aromatic nitrogens is 1. The number of hydrogen-bond acceptors (Lipinski definition) is 5. The molecule has 0 fully saturated rings. The highest BCUT2D eigenvalue weighted by atomic mass is 35.5. The average molecular weight is 465 g/mol. The van der Waals surface area contributed by atoms with E-state index >= 15 is 0 Å². The van der Waals surface area contributed by atoms with E-state index in [2.05, 4.69) is 10.3 Å². The highest BCUT2D eigenvalue weighted by molar-refractivity contribution is 6.42. The Morgan fingerprint density at radius 2 is 1.97 bits per heavy atom. The second kappa shape index (κ2) is 8.70. The van der Waals surface area contributed by atoms with Gasteiger partial charge in [-0.2, -0.15) is 0 Å². The zero-order valence-electron chi connectivity index (χ0n) is 15.5. The Balaban J connectivity index is 1.73. The van der Waals surface area contributed by atoms with E-state index in [0.29, 0.717) is 43.6 Å². The SMILES string of the molecule is O=C(Nc1ccc(Cl)c(Cl)c1)c1cccc2c1OCC(CO)N2c1ncccc1Cl. The van der Waals surface area contributed by atoms with Gasteiger partial charge in [-0.05, 0) is 42.5 Å². The molecule has 1 aromatic heterocycles. The van der Waals surface area contributed by atoms with Crippen molar-refractivity contribution in [3.63, 3.8) is 0 Å². The summed E-state index contributed by atoms with van der Waals surface area (Å²) in [5.74, 6) is 0.478. The van der Waals surface area contributed by atoms with Crippen LogP contribution >= 0.6 is 34.8 Å². The third-order valence-electron chi connectivity index (χ3n) is 4.64. The van der Waals surface area contributed by atoms with Crippen LogP contribution in [0.25, 0.3) is 0 Å². The molecule has 1 unspecified atom stereocenters. The third kappa shape index (κ3) is 3.91. The second-order valence-corrected chi connectivity index (χ2v) is 7.78. The number of rotatable bonds is 4. The minimum atomic E-state index is -0.404. The number of anilines is 3. The number of carbonyl (C=O) groups is 1. The molecule has 1 amide bonds. The maximum atomic E-state index is 13.0. The third-order valence-corrected chi connectivity index (χ3v) is 5.67. The van der Waals surface area contributed by atoms with E-state index in [0.717, 1.165) is 0 Å². The fourth-order valence-electron chi connectivity index (χ4n) is 3.24. The minimum absolute atomic E-state index is 0.160. The van der Waals surface area contributed by atoms with Crippen LogP contribution in [0.2, 0.25) is 15.1 Å². The molecule has 0 saturated heterocycles. The van der Waals surface area contributed by atoms with E-state index in [1.54, 1.807) is 59.6 Å². The summed E-state index contributed by atoms with van der Waals surface area (Å²) < 4.78 is 5.87. The molecule has 0 bridgehead atoms. The maximum absolute atomic E-state index is 13.0. The van der Waals surface area contributed by atoms with Crippen molar-refractivity contribution in [2.45, 2.75) is 6.04 Å². The van der Waals surface area contributed by atoms with Crippen molar-refractivity contribution in [3.05, 3.63) is 75.4 Å². The predicted octanol–water partition coefficient (Wildman–Crippen LogP) is 5.19. The van der Waals surface area contributed by atoms with Crippen molar-refractivity contribution >= 4 is 57.9 Å². The molecule has 1 atom stereocenters. The quantitative estimate of drug-likeness (QED) is 0.556. The lowest BCUT2D eigenvalue weighted by Gasteiger charge is -2.37. The Kier molecular flexibility index (Phi) is 6.01. The Morgan fingerprint density at radius 1 is 1.13 bits per heavy atom. The molecular formula is C21H16Cl3N3O3. The molecule has 0 radical (unpaired) electrons. The van der Waals surface area contributed by atoms with Crippen molar-refractivity contribution in [2.24, 2.45) is 0 Å². The number of aliphatic hydroxyl groups is 1. The molecule has 4 rings (SSSR count). The van der Waals surface area contributed by atoms with Gasteiger partial charge in [-0.1, -0.05) is 40.9 Å². The number of amides is 1. The van der Waals surface area contributed by atoms with Gasteiger partial charge in [-0.3, -0.25) is 4.79 Å². The molecule has 2 heterocycles. The summed E-state index contributed by atoms with van der Waals surface area (Å²) in [7, 11) is 0. The highest BCUT2D eigenvalue weighted by Crippen LogP contribution is 2.42. The summed E-state index contributed by atoms with van der Waals surface area (Å²) in [6.45, 7) is -0.0144. The van der Waals surface area contributed by atoms with Gasteiger partial charge in [0, 0.05) is 11.9 Å². The highest BCUT2D eigenvalue weighted by Gasteiger charge is 2.33. The zero-order chi connectivity index (χ0) is 21.3. The molecule has 2 N–H and O–H groups in total. The molecule has 1 aliphatic heterocycles. The lowest BCUT2D eigenvalue weighted by Crippen LogP contribution is -2.43. The number of pyridine rings is 1. The van der Waals surface area contributed by atoms with Crippen LogP contribution in [0, 0.1) is 0 Å². The maximum Gasteiger partial charge on any atom is 0.259 e. The smallest absolute Gasteiger partial charge is 0.259 e. The van der Waals surface area contributed by atoms with E-state index < -0.39 is 6.04 Å². The van der Waals surface area contributed by atoms with E-state index in [4.69, 9.17) is 39.5 Å². The summed E-state index contributed by atoms with van der Waals surface area (Å²) in [6.07, 6.45) is 1.62. The van der Waals surface area contributed by atoms with E-state index in [-0.39, 0.29) is 19.1 Å². The van der Waals surface area contributed by atoms with Crippen LogP contribution in [0.3, 0.4) is 0 Å². The van der Waals surface area contributed by atoms with Gasteiger partial charge in [0.25, 0.3) is 5.91 Å². The topological polar surface area (TPSA) is 74.7 Å². The molecule has 2 aromatic carbocycles. The van der Waals surface area contributed by atoms with Gasteiger partial charge in [0.15, 0.2) is 11.6 Å². The normalized spacial score (nSPS) is 15.3. The van der Waals surface area contributed by atoms with E-state index in [1.807, 2.05) is 0 Å². The second-order valence-electron chi connectivity index (χ2n) is 6.56. The summed E-state index contributed by atoms with van der Waals surface area (Å²) >= 11 is 18.3. The van der Waals surface area contributed by atoms with Gasteiger partial charge >= 0.3 is 0 Å². The summed E-state index contributed by atoms with van der Waals surface area (Å²) in [5.41, 5.74) is 1.41. The molecule has 30 heavy (non-hydrogen) atoms. The van der Waals surface area contributed by atoms with E-state index in [1.165, 1.54) is 0 Å². The molecule has 1 aliphatic rings. The standard InChI is InChI=1S/C21H16Cl3N3O3/c22-15-7-6-12(9-17(15)24)26-21(29)14-3-1-5-18-19(14)30-11-13(10-28)27(18)20-16(23)4-2-8-25-20/h1-9,13,28H,10-11H2,(H,26,29). The number of aliphatic hydroxyl groups excluding tert-OH is 1. The number of hydrogen-bond donors (Lipinski definition) is 2. The first-order valence-corrected chi connectivity index (χ1v) is 10.2. The van der Waals surface area contributed by atoms with Gasteiger partial charge in [-0.15, -0.1) is 0 Å². The van der Waals surface area contributed by atoms with Crippen molar-refractivity contribution in [1.82, 2.24) is 4.98 Å². The zero-order valence-corrected chi connectivity index (χ0v) is 17.7. The number of para-hydroxylation sites is 1. The van der Waals surface area contributed by atoms with Gasteiger partial charge in [0.2, 0.25) is 0 Å². The average Bonchev–Trinajstić information content (AvgIpc) is 2.75. The largest absolute Gasteiger partial charge is 0.488 e. The van der Waals surface area contributed by atoms with Gasteiger partial charge in [0.1, 0.15) is 6.61 Å². The lowest BCUT2D eigenvalue weighted by molar-refractivity contribution is 0.102. The monoisotopic (exact) mass is 463 g/mol. The van der Waals surface area contributed by atoms with Crippen LogP contribution in [0.15, 0.2) is 54.7 Å². The molecule has 3 aromatic rings. The summed E-state index contributed by atoms with van der Waals surface area (Å²) in [6, 6.07) is 13.0. The van der Waals surface area contributed by atoms with Crippen LogP contribution < -0.4 is 15.0 Å². The Hall–Kier alpha value is -2.51. The number of nitrogens with zero attached hydrogens (tertiary/aromatic N) is 2. The van der Waals surface area contributed by atoms with Crippen molar-refractivity contribution in [2.75, 3.05) is 23.4 Å². The molecule has 0 spiro atoms. The first kappa shape index (κ1) is 20.8. The van der Waals surface area contributed by atoms with Crippen molar-refractivity contribution in [3.8, 4) is 5.75 Å². The number of ether oxygens (including phenoxy) is 1. The first-order valence-electron chi connectivity index (χ1n) is 9.02. The van der Waals surface area contributed by atoms with Crippen LogP contribution in [-0.2, 0) is 0 Å². The number of carbonyl (C=O) groups excluding carboxylic acids is 1. The van der Waals surface area contributed by atoms with Crippen molar-refractivity contribution < 1.29 is 14.6 Å². The Bertz CT molecular complexity index is 1110. The molecule has 154 valence electrons. The number of halogens is 3. The summed E-state index contributed by atoms with van der Waals surface area (Å²) in [5, 5.41) is 13.8.